The van der Waals surface area contributed by atoms with Crippen LogP contribution in [0.1, 0.15) is 5.56 Å². The minimum atomic E-state index is -0.263. The maximum Gasteiger partial charge on any atom is 0.123 e. The van der Waals surface area contributed by atoms with E-state index in [9.17, 15) is 4.39 Å². The molecule has 0 saturated carbocycles. The van der Waals surface area contributed by atoms with Crippen molar-refractivity contribution >= 4 is 0 Å². The van der Waals surface area contributed by atoms with E-state index in [0.717, 1.165) is 16.8 Å². The Morgan fingerprint density at radius 2 is 2.27 bits per heavy atom. The number of halogens is 1. The molecule has 2 aromatic rings. The minimum absolute atomic E-state index is 0.263. The van der Waals surface area contributed by atoms with Gasteiger partial charge in [-0.1, -0.05) is 12.1 Å². The van der Waals surface area contributed by atoms with Crippen LogP contribution in [0.25, 0.3) is 11.3 Å². The number of hydrogen-bond donors (Lipinski definition) is 1. The predicted molar refractivity (Wildman–Crippen MR) is 56.5 cm³/mol. The zero-order valence-corrected chi connectivity index (χ0v) is 8.44. The largest absolute Gasteiger partial charge is 0.326 e. The Morgan fingerprint density at radius 3 is 2.93 bits per heavy atom. The van der Waals surface area contributed by atoms with E-state index in [4.69, 9.17) is 5.73 Å². The first-order valence-electron chi connectivity index (χ1n) is 4.69. The molecule has 4 heteroatoms. The van der Waals surface area contributed by atoms with E-state index >= 15 is 0 Å². The molecule has 2 rings (SSSR count). The molecule has 0 spiro atoms. The van der Waals surface area contributed by atoms with Crippen molar-refractivity contribution < 1.29 is 4.39 Å². The highest BCUT2D eigenvalue weighted by Crippen LogP contribution is 2.21. The summed E-state index contributed by atoms with van der Waals surface area (Å²) in [5.74, 6) is -0.263. The monoisotopic (exact) mass is 205 g/mol. The smallest absolute Gasteiger partial charge is 0.123 e. The molecule has 0 saturated heterocycles. The van der Waals surface area contributed by atoms with Gasteiger partial charge in [0.1, 0.15) is 5.82 Å². The van der Waals surface area contributed by atoms with Crippen molar-refractivity contribution in [3.8, 4) is 11.3 Å². The van der Waals surface area contributed by atoms with E-state index in [1.165, 1.54) is 12.1 Å². The zero-order chi connectivity index (χ0) is 10.8. The molecule has 1 heterocycles. The fourth-order valence-corrected chi connectivity index (χ4v) is 1.57. The van der Waals surface area contributed by atoms with Crippen molar-refractivity contribution in [1.29, 1.82) is 0 Å². The molecule has 2 N–H and O–H groups in total. The Balaban J connectivity index is 2.53. The number of benzene rings is 1. The Hall–Kier alpha value is -1.68. The van der Waals surface area contributed by atoms with Gasteiger partial charge in [0.2, 0.25) is 0 Å². The van der Waals surface area contributed by atoms with Crippen LogP contribution in [-0.2, 0) is 13.6 Å². The highest BCUT2D eigenvalue weighted by Gasteiger charge is 2.08. The average Bonchev–Trinajstić information content (AvgIpc) is 2.59. The van der Waals surface area contributed by atoms with Gasteiger partial charge in [0, 0.05) is 30.9 Å². The first-order chi connectivity index (χ1) is 7.20. The van der Waals surface area contributed by atoms with E-state index < -0.39 is 0 Å². The van der Waals surface area contributed by atoms with E-state index in [1.54, 1.807) is 10.7 Å². The third kappa shape index (κ3) is 1.89. The van der Waals surface area contributed by atoms with Crippen molar-refractivity contribution in [3.63, 3.8) is 0 Å². The van der Waals surface area contributed by atoms with Crippen LogP contribution in [0.2, 0.25) is 0 Å². The third-order valence-corrected chi connectivity index (χ3v) is 2.22. The molecule has 1 aromatic heterocycles. The fourth-order valence-electron chi connectivity index (χ4n) is 1.57. The molecule has 0 unspecified atom stereocenters. The summed E-state index contributed by atoms with van der Waals surface area (Å²) in [4.78, 5) is 0. The minimum Gasteiger partial charge on any atom is -0.326 e. The maximum absolute atomic E-state index is 13.0. The van der Waals surface area contributed by atoms with Gasteiger partial charge in [-0.3, -0.25) is 4.68 Å². The summed E-state index contributed by atoms with van der Waals surface area (Å²) in [7, 11) is 1.82. The Bertz CT molecular complexity index is 476. The summed E-state index contributed by atoms with van der Waals surface area (Å²) in [6.45, 7) is 0.402. The second kappa shape index (κ2) is 3.82. The number of aromatic nitrogens is 2. The Kier molecular flexibility index (Phi) is 2.51. The van der Waals surface area contributed by atoms with Gasteiger partial charge in [-0.2, -0.15) is 5.10 Å². The van der Waals surface area contributed by atoms with E-state index in [-0.39, 0.29) is 5.82 Å². The molecule has 1 aromatic carbocycles. The van der Waals surface area contributed by atoms with Crippen molar-refractivity contribution in [2.45, 2.75) is 6.54 Å². The van der Waals surface area contributed by atoms with Gasteiger partial charge in [0.15, 0.2) is 0 Å². The lowest BCUT2D eigenvalue weighted by Gasteiger charge is -1.99. The van der Waals surface area contributed by atoms with Crippen LogP contribution < -0.4 is 5.73 Å². The summed E-state index contributed by atoms with van der Waals surface area (Å²) in [6.07, 6.45) is 1.85. The molecule has 0 radical (unpaired) electrons. The molecule has 0 aliphatic rings. The first kappa shape index (κ1) is 9.86. The van der Waals surface area contributed by atoms with Crippen LogP contribution >= 0.6 is 0 Å². The molecule has 0 bridgehead atoms. The lowest BCUT2D eigenvalue weighted by Crippen LogP contribution is -1.96. The number of nitrogens with zero attached hydrogens (tertiary/aromatic N) is 2. The molecule has 0 aliphatic carbocycles. The van der Waals surface area contributed by atoms with Crippen molar-refractivity contribution in [3.05, 3.63) is 41.8 Å². The van der Waals surface area contributed by atoms with Gasteiger partial charge in [-0.05, 0) is 12.1 Å². The Labute approximate surface area is 87.3 Å². The van der Waals surface area contributed by atoms with Crippen LogP contribution in [-0.4, -0.2) is 9.78 Å². The summed E-state index contributed by atoms with van der Waals surface area (Å²) in [6, 6.07) is 6.36. The highest BCUT2D eigenvalue weighted by atomic mass is 19.1. The summed E-state index contributed by atoms with van der Waals surface area (Å²) in [5, 5.41) is 4.26. The summed E-state index contributed by atoms with van der Waals surface area (Å²) < 4.78 is 14.7. The van der Waals surface area contributed by atoms with Gasteiger partial charge in [-0.25, -0.2) is 4.39 Å². The van der Waals surface area contributed by atoms with E-state index in [0.29, 0.717) is 6.54 Å². The Morgan fingerprint density at radius 1 is 1.47 bits per heavy atom. The SMILES string of the molecule is Cn1cc(CN)c(-c2cccc(F)c2)n1. The fraction of sp³-hybridized carbons (Fsp3) is 0.182. The van der Waals surface area contributed by atoms with Gasteiger partial charge < -0.3 is 5.73 Å². The van der Waals surface area contributed by atoms with Crippen molar-refractivity contribution in [2.24, 2.45) is 12.8 Å². The van der Waals surface area contributed by atoms with Crippen LogP contribution in [0.5, 0.6) is 0 Å². The van der Waals surface area contributed by atoms with Crippen LogP contribution in [0.15, 0.2) is 30.5 Å². The third-order valence-electron chi connectivity index (χ3n) is 2.22. The van der Waals surface area contributed by atoms with Gasteiger partial charge in [0.25, 0.3) is 0 Å². The van der Waals surface area contributed by atoms with E-state index in [1.807, 2.05) is 19.3 Å². The number of rotatable bonds is 2. The predicted octanol–water partition coefficient (Wildman–Crippen LogP) is 1.68. The summed E-state index contributed by atoms with van der Waals surface area (Å²) >= 11 is 0. The zero-order valence-electron chi connectivity index (χ0n) is 8.44. The van der Waals surface area contributed by atoms with Crippen molar-refractivity contribution in [1.82, 2.24) is 9.78 Å². The van der Waals surface area contributed by atoms with Gasteiger partial charge in [0.05, 0.1) is 5.69 Å². The molecule has 3 nitrogen and oxygen atoms in total. The lowest BCUT2D eigenvalue weighted by molar-refractivity contribution is 0.628. The molecule has 0 amide bonds. The molecular weight excluding hydrogens is 193 g/mol. The number of hydrogen-bond acceptors (Lipinski definition) is 2. The molecule has 0 fully saturated rings. The second-order valence-electron chi connectivity index (χ2n) is 3.39. The second-order valence-corrected chi connectivity index (χ2v) is 3.39. The van der Waals surface area contributed by atoms with Crippen LogP contribution in [0, 0.1) is 5.82 Å². The molecule has 0 aliphatic heterocycles. The average molecular weight is 205 g/mol. The highest BCUT2D eigenvalue weighted by molar-refractivity contribution is 5.62. The standard InChI is InChI=1S/C11H12FN3/c1-15-7-9(6-13)11(14-15)8-3-2-4-10(12)5-8/h2-5,7H,6,13H2,1H3. The van der Waals surface area contributed by atoms with Crippen LogP contribution in [0.3, 0.4) is 0 Å². The number of nitrogens with two attached hydrogens (primary N) is 1. The number of aryl methyl sites for hydroxylation is 1. The van der Waals surface area contributed by atoms with Gasteiger partial charge in [-0.15, -0.1) is 0 Å². The molecule has 0 atom stereocenters. The first-order valence-corrected chi connectivity index (χ1v) is 4.69. The topological polar surface area (TPSA) is 43.8 Å². The van der Waals surface area contributed by atoms with Crippen molar-refractivity contribution in [2.75, 3.05) is 0 Å². The van der Waals surface area contributed by atoms with E-state index in [2.05, 4.69) is 5.10 Å². The quantitative estimate of drug-likeness (QED) is 0.810. The molecular formula is C11H12FN3. The summed E-state index contributed by atoms with van der Waals surface area (Å²) in [5.41, 5.74) is 8.02. The maximum atomic E-state index is 13.0. The lowest BCUT2D eigenvalue weighted by atomic mass is 10.1. The normalized spacial score (nSPS) is 10.6. The van der Waals surface area contributed by atoms with Crippen LogP contribution in [0.4, 0.5) is 4.39 Å². The molecule has 15 heavy (non-hydrogen) atoms. The van der Waals surface area contributed by atoms with Gasteiger partial charge >= 0.3 is 0 Å². The molecule has 78 valence electrons.